The van der Waals surface area contributed by atoms with Crippen LogP contribution in [-0.4, -0.2) is 64.8 Å². The molecular formula is C22H38N2O6S2. The van der Waals surface area contributed by atoms with Crippen molar-refractivity contribution in [3.8, 4) is 0 Å². The lowest BCUT2D eigenvalue weighted by Gasteiger charge is -2.62. The van der Waals surface area contributed by atoms with Gasteiger partial charge in [-0.1, -0.05) is 13.8 Å². The van der Waals surface area contributed by atoms with Crippen molar-refractivity contribution >= 4 is 31.5 Å². The van der Waals surface area contributed by atoms with Gasteiger partial charge in [-0.3, -0.25) is 9.59 Å². The molecule has 4 fully saturated rings. The highest BCUT2D eigenvalue weighted by Gasteiger charge is 2.58. The molecule has 0 aromatic heterocycles. The minimum atomic E-state index is -3.11. The van der Waals surface area contributed by atoms with Gasteiger partial charge in [-0.25, -0.2) is 16.8 Å². The fraction of sp³-hybridized carbons (Fsp3) is 0.909. The zero-order valence-corrected chi connectivity index (χ0v) is 21.0. The monoisotopic (exact) mass is 490 g/mol. The summed E-state index contributed by atoms with van der Waals surface area (Å²) in [6, 6.07) is 0. The number of carbonyl (C=O) groups excluding carboxylic acids is 2. The molecule has 0 unspecified atom stereocenters. The van der Waals surface area contributed by atoms with Crippen molar-refractivity contribution in [2.24, 2.45) is 22.7 Å². The van der Waals surface area contributed by atoms with Crippen molar-refractivity contribution in [3.63, 3.8) is 0 Å². The molecule has 4 bridgehead atoms. The van der Waals surface area contributed by atoms with Crippen molar-refractivity contribution in [2.75, 3.05) is 36.1 Å². The quantitative estimate of drug-likeness (QED) is 0.426. The molecule has 10 heteroatoms. The van der Waals surface area contributed by atoms with Crippen LogP contribution < -0.4 is 10.6 Å². The molecule has 184 valence electrons. The van der Waals surface area contributed by atoms with Crippen LogP contribution in [0.3, 0.4) is 0 Å². The smallest absolute Gasteiger partial charge is 0.220 e. The maximum absolute atomic E-state index is 12.7. The molecule has 4 saturated carbocycles. The molecule has 0 atom stereocenters. The number of rotatable bonds is 12. The molecule has 2 N–H and O–H groups in total. The number of sulfone groups is 2. The van der Waals surface area contributed by atoms with E-state index in [0.717, 1.165) is 38.5 Å². The van der Waals surface area contributed by atoms with Gasteiger partial charge < -0.3 is 10.6 Å². The Bertz CT molecular complexity index is 842. The summed E-state index contributed by atoms with van der Waals surface area (Å²) in [7, 11) is -6.21. The molecule has 4 aliphatic carbocycles. The van der Waals surface area contributed by atoms with Crippen LogP contribution in [0.15, 0.2) is 0 Å². The molecule has 0 aromatic rings. The van der Waals surface area contributed by atoms with Gasteiger partial charge in [0.05, 0.1) is 11.5 Å². The van der Waals surface area contributed by atoms with Crippen LogP contribution in [-0.2, 0) is 29.3 Å². The van der Waals surface area contributed by atoms with Crippen molar-refractivity contribution in [3.05, 3.63) is 0 Å². The standard InChI is InChI=1S/C22H38N2O6S2/c1-3-31(27,28)7-5-23-19(25)14-21-10-17-9-18(11-21)13-22(12-17,16-21)15-20(26)24-6-8-32(29,30)4-2/h17-18H,3-16H2,1-2H3,(H,23,25)(H,24,26). The molecule has 32 heavy (non-hydrogen) atoms. The van der Waals surface area contributed by atoms with Gasteiger partial charge in [0, 0.05) is 37.4 Å². The molecule has 8 nitrogen and oxygen atoms in total. The van der Waals surface area contributed by atoms with E-state index in [1.165, 1.54) is 0 Å². The van der Waals surface area contributed by atoms with Crippen LogP contribution in [0.5, 0.6) is 0 Å². The van der Waals surface area contributed by atoms with E-state index in [1.54, 1.807) is 13.8 Å². The van der Waals surface area contributed by atoms with Crippen molar-refractivity contribution in [2.45, 2.75) is 65.2 Å². The van der Waals surface area contributed by atoms with Gasteiger partial charge in [-0.2, -0.15) is 0 Å². The molecule has 0 aliphatic heterocycles. The minimum Gasteiger partial charge on any atom is -0.355 e. The first kappa shape index (κ1) is 25.5. The Morgan fingerprint density at radius 3 is 1.47 bits per heavy atom. The lowest BCUT2D eigenvalue weighted by molar-refractivity contribution is -0.146. The second kappa shape index (κ2) is 9.60. The highest BCUT2D eigenvalue weighted by Crippen LogP contribution is 2.67. The van der Waals surface area contributed by atoms with Crippen LogP contribution in [0.25, 0.3) is 0 Å². The number of hydrogen-bond acceptors (Lipinski definition) is 6. The van der Waals surface area contributed by atoms with Crippen LogP contribution in [0, 0.1) is 22.7 Å². The zero-order valence-electron chi connectivity index (χ0n) is 19.3. The highest BCUT2D eigenvalue weighted by atomic mass is 32.2. The average Bonchev–Trinajstić information content (AvgIpc) is 2.65. The van der Waals surface area contributed by atoms with Crippen molar-refractivity contribution < 1.29 is 26.4 Å². The summed E-state index contributed by atoms with van der Waals surface area (Å²) >= 11 is 0. The van der Waals surface area contributed by atoms with E-state index in [2.05, 4.69) is 10.6 Å². The predicted octanol–water partition coefficient (Wildman–Crippen LogP) is 1.46. The van der Waals surface area contributed by atoms with E-state index < -0.39 is 19.7 Å². The van der Waals surface area contributed by atoms with Crippen LogP contribution in [0.4, 0.5) is 0 Å². The minimum absolute atomic E-state index is 0.0364. The average molecular weight is 491 g/mol. The summed E-state index contributed by atoms with van der Waals surface area (Å²) in [6.07, 6.45) is 6.80. The SMILES string of the molecule is CCS(=O)(=O)CCNC(=O)CC12CC3CC(C1)CC(CC(=O)NCCS(=O)(=O)CC)(C3)C2. The maximum Gasteiger partial charge on any atom is 0.220 e. The van der Waals surface area contributed by atoms with Gasteiger partial charge in [-0.15, -0.1) is 0 Å². The van der Waals surface area contributed by atoms with Crippen molar-refractivity contribution in [1.82, 2.24) is 10.6 Å². The topological polar surface area (TPSA) is 126 Å². The van der Waals surface area contributed by atoms with Crippen LogP contribution in [0.1, 0.15) is 65.2 Å². The van der Waals surface area contributed by atoms with Gasteiger partial charge in [-0.05, 0) is 61.2 Å². The molecule has 0 aromatic carbocycles. The first-order chi connectivity index (χ1) is 14.9. The van der Waals surface area contributed by atoms with Gasteiger partial charge in [0.25, 0.3) is 0 Å². The summed E-state index contributed by atoms with van der Waals surface area (Å²) in [6.45, 7) is 3.49. The van der Waals surface area contributed by atoms with E-state index >= 15 is 0 Å². The van der Waals surface area contributed by atoms with E-state index in [9.17, 15) is 26.4 Å². The summed E-state index contributed by atoms with van der Waals surface area (Å²) in [4.78, 5) is 25.3. The van der Waals surface area contributed by atoms with Gasteiger partial charge in [0.2, 0.25) is 11.8 Å². The molecular weight excluding hydrogens is 452 g/mol. The number of amides is 2. The second-order valence-corrected chi connectivity index (χ2v) is 15.4. The largest absolute Gasteiger partial charge is 0.355 e. The van der Waals surface area contributed by atoms with Crippen molar-refractivity contribution in [1.29, 1.82) is 0 Å². The molecule has 0 spiro atoms. The molecule has 4 aliphatic rings. The lowest BCUT2D eigenvalue weighted by Crippen LogP contribution is -2.54. The third kappa shape index (κ3) is 6.46. The Morgan fingerprint density at radius 2 is 1.12 bits per heavy atom. The summed E-state index contributed by atoms with van der Waals surface area (Å²) in [5.41, 5.74) is -0.215. The lowest BCUT2D eigenvalue weighted by atomic mass is 9.43. The first-order valence-corrected chi connectivity index (χ1v) is 15.5. The summed E-state index contributed by atoms with van der Waals surface area (Å²) < 4.78 is 46.6. The number of hydrogen-bond donors (Lipinski definition) is 2. The predicted molar refractivity (Wildman–Crippen MR) is 123 cm³/mol. The summed E-state index contributed by atoms with van der Waals surface area (Å²) in [5.74, 6) is 0.938. The Morgan fingerprint density at radius 1 is 0.750 bits per heavy atom. The molecule has 0 saturated heterocycles. The third-order valence-electron chi connectivity index (χ3n) is 7.72. The fourth-order valence-electron chi connectivity index (χ4n) is 6.85. The van der Waals surface area contributed by atoms with Crippen LogP contribution in [0.2, 0.25) is 0 Å². The van der Waals surface area contributed by atoms with E-state index in [4.69, 9.17) is 0 Å². The molecule has 0 heterocycles. The number of nitrogens with one attached hydrogen (secondary N) is 2. The highest BCUT2D eigenvalue weighted by molar-refractivity contribution is 7.91. The molecule has 2 amide bonds. The fourth-order valence-corrected chi connectivity index (χ4v) is 8.25. The zero-order chi connectivity index (χ0) is 23.6. The van der Waals surface area contributed by atoms with Gasteiger partial charge >= 0.3 is 0 Å². The van der Waals surface area contributed by atoms with Gasteiger partial charge in [0.1, 0.15) is 0 Å². The Kier molecular flexibility index (Phi) is 7.64. The Hall–Kier alpha value is -1.16. The normalized spacial score (nSPS) is 31.4. The van der Waals surface area contributed by atoms with Gasteiger partial charge in [0.15, 0.2) is 19.7 Å². The van der Waals surface area contributed by atoms with E-state index in [0.29, 0.717) is 24.7 Å². The summed E-state index contributed by atoms with van der Waals surface area (Å²) in [5, 5.41) is 5.59. The Labute approximate surface area is 192 Å². The second-order valence-electron chi connectivity index (χ2n) is 10.5. The third-order valence-corrected chi connectivity index (χ3v) is 11.1. The van der Waals surface area contributed by atoms with Crippen LogP contribution >= 0.6 is 0 Å². The number of carbonyl (C=O) groups is 2. The molecule has 4 rings (SSSR count). The molecule has 0 radical (unpaired) electrons. The first-order valence-electron chi connectivity index (χ1n) is 11.8. The van der Waals surface area contributed by atoms with E-state index in [1.807, 2.05) is 0 Å². The maximum atomic E-state index is 12.7. The van der Waals surface area contributed by atoms with E-state index in [-0.39, 0.29) is 58.7 Å². The Balaban J connectivity index is 1.57.